The van der Waals surface area contributed by atoms with Crippen molar-refractivity contribution in [3.63, 3.8) is 0 Å². The predicted octanol–water partition coefficient (Wildman–Crippen LogP) is 2.33. The molecule has 27 heavy (non-hydrogen) atoms. The summed E-state index contributed by atoms with van der Waals surface area (Å²) in [6.45, 7) is 9.36. The van der Waals surface area contributed by atoms with Crippen LogP contribution in [-0.2, 0) is 10.0 Å². The largest absolute Gasteiger partial charge is 0.496 e. The lowest BCUT2D eigenvalue weighted by molar-refractivity contribution is 0.367. The molecule has 0 atom stereocenters. The Hall–Kier alpha value is -2.13. The molecule has 0 bridgehead atoms. The molecule has 1 aliphatic rings. The van der Waals surface area contributed by atoms with Gasteiger partial charge in [0.1, 0.15) is 5.75 Å². The van der Waals surface area contributed by atoms with Gasteiger partial charge in [0.05, 0.1) is 12.0 Å². The number of nitrogens with zero attached hydrogens (tertiary/aromatic N) is 4. The second kappa shape index (κ2) is 7.47. The van der Waals surface area contributed by atoms with Gasteiger partial charge in [-0.1, -0.05) is 18.9 Å². The second-order valence-corrected chi connectivity index (χ2v) is 8.96. The number of hydrogen-bond donors (Lipinski definition) is 0. The molecule has 1 aliphatic heterocycles. The number of sulfonamides is 1. The molecule has 2 aromatic rings. The van der Waals surface area contributed by atoms with Crippen LogP contribution in [0.15, 0.2) is 21.4 Å². The monoisotopic (exact) mass is 394 g/mol. The highest BCUT2D eigenvalue weighted by atomic mass is 32.2. The number of piperazine rings is 1. The normalized spacial score (nSPS) is 16.1. The predicted molar refractivity (Wildman–Crippen MR) is 102 cm³/mol. The number of hydrogen-bond acceptors (Lipinski definition) is 7. The van der Waals surface area contributed by atoms with Crippen molar-refractivity contribution in [1.29, 1.82) is 0 Å². The third kappa shape index (κ3) is 3.79. The fourth-order valence-electron chi connectivity index (χ4n) is 3.11. The quantitative estimate of drug-likeness (QED) is 0.769. The van der Waals surface area contributed by atoms with Gasteiger partial charge in [-0.05, 0) is 37.1 Å². The van der Waals surface area contributed by atoms with E-state index in [-0.39, 0.29) is 5.92 Å². The van der Waals surface area contributed by atoms with Crippen LogP contribution in [0.5, 0.6) is 5.75 Å². The van der Waals surface area contributed by atoms with Crippen LogP contribution in [0.25, 0.3) is 0 Å². The first-order valence-electron chi connectivity index (χ1n) is 8.97. The average molecular weight is 394 g/mol. The van der Waals surface area contributed by atoms with Crippen LogP contribution in [0.3, 0.4) is 0 Å². The Balaban J connectivity index is 1.76. The van der Waals surface area contributed by atoms with Crippen LogP contribution < -0.4 is 9.64 Å². The first-order valence-corrected chi connectivity index (χ1v) is 10.4. The zero-order chi connectivity index (χ0) is 19.8. The second-order valence-electron chi connectivity index (χ2n) is 7.06. The lowest BCUT2D eigenvalue weighted by atomic mass is 10.1. The molecule has 9 heteroatoms. The average Bonchev–Trinajstić information content (AvgIpc) is 3.13. The maximum atomic E-state index is 13.1. The van der Waals surface area contributed by atoms with Gasteiger partial charge < -0.3 is 14.1 Å². The first-order chi connectivity index (χ1) is 12.7. The molecule has 0 unspecified atom stereocenters. The fourth-order valence-corrected chi connectivity index (χ4v) is 4.82. The summed E-state index contributed by atoms with van der Waals surface area (Å²) in [6.07, 6.45) is 0. The van der Waals surface area contributed by atoms with E-state index in [4.69, 9.17) is 9.15 Å². The molecule has 8 nitrogen and oxygen atoms in total. The molecule has 2 heterocycles. The van der Waals surface area contributed by atoms with Crippen LogP contribution in [-0.4, -0.2) is 56.2 Å². The summed E-state index contributed by atoms with van der Waals surface area (Å²) in [4.78, 5) is 2.26. The summed E-state index contributed by atoms with van der Waals surface area (Å²) in [6, 6.07) is 3.90. The Morgan fingerprint density at radius 3 is 2.30 bits per heavy atom. The van der Waals surface area contributed by atoms with Crippen molar-refractivity contribution in [2.45, 2.75) is 38.5 Å². The number of aryl methyl sites for hydroxylation is 2. The topological polar surface area (TPSA) is 88.8 Å². The lowest BCUT2D eigenvalue weighted by Gasteiger charge is -2.33. The van der Waals surface area contributed by atoms with Gasteiger partial charge in [0.25, 0.3) is 0 Å². The molecule has 0 amide bonds. The van der Waals surface area contributed by atoms with E-state index in [1.807, 2.05) is 25.7 Å². The van der Waals surface area contributed by atoms with E-state index in [1.54, 1.807) is 26.2 Å². The molecule has 1 aromatic heterocycles. The van der Waals surface area contributed by atoms with Gasteiger partial charge in [-0.3, -0.25) is 0 Å². The molecule has 148 valence electrons. The third-order valence-electron chi connectivity index (χ3n) is 4.74. The van der Waals surface area contributed by atoms with Crippen LogP contribution in [0.4, 0.5) is 6.01 Å². The zero-order valence-electron chi connectivity index (χ0n) is 16.4. The minimum atomic E-state index is -3.57. The highest BCUT2D eigenvalue weighted by Gasteiger charge is 2.31. The molecular weight excluding hydrogens is 368 g/mol. The molecule has 0 radical (unpaired) electrons. The summed E-state index contributed by atoms with van der Waals surface area (Å²) >= 11 is 0. The number of benzene rings is 1. The Morgan fingerprint density at radius 2 is 1.74 bits per heavy atom. The van der Waals surface area contributed by atoms with Crippen molar-refractivity contribution in [3.05, 3.63) is 29.2 Å². The van der Waals surface area contributed by atoms with Gasteiger partial charge in [0.2, 0.25) is 15.9 Å². The lowest BCUT2D eigenvalue weighted by Crippen LogP contribution is -2.48. The minimum absolute atomic E-state index is 0.161. The fraction of sp³-hybridized carbons (Fsp3) is 0.556. The van der Waals surface area contributed by atoms with Crippen LogP contribution in [0.1, 0.15) is 36.8 Å². The molecular formula is C18H26N4O4S. The van der Waals surface area contributed by atoms with Crippen molar-refractivity contribution < 1.29 is 17.6 Å². The molecule has 1 saturated heterocycles. The Kier molecular flexibility index (Phi) is 5.43. The Labute approximate surface area is 160 Å². The Morgan fingerprint density at radius 1 is 1.07 bits per heavy atom. The molecule has 0 saturated carbocycles. The van der Waals surface area contributed by atoms with Crippen LogP contribution in [0.2, 0.25) is 0 Å². The van der Waals surface area contributed by atoms with Gasteiger partial charge in [-0.15, -0.1) is 5.10 Å². The van der Waals surface area contributed by atoms with Crippen molar-refractivity contribution in [3.8, 4) is 5.75 Å². The van der Waals surface area contributed by atoms with Gasteiger partial charge in [-0.2, -0.15) is 4.31 Å². The van der Waals surface area contributed by atoms with E-state index in [0.717, 1.165) is 5.56 Å². The minimum Gasteiger partial charge on any atom is -0.496 e. The van der Waals surface area contributed by atoms with Crippen LogP contribution in [0, 0.1) is 13.8 Å². The van der Waals surface area contributed by atoms with Crippen molar-refractivity contribution in [2.24, 2.45) is 0 Å². The van der Waals surface area contributed by atoms with Crippen molar-refractivity contribution in [1.82, 2.24) is 14.5 Å². The number of anilines is 1. The maximum Gasteiger partial charge on any atom is 0.318 e. The van der Waals surface area contributed by atoms with E-state index in [0.29, 0.717) is 54.3 Å². The summed E-state index contributed by atoms with van der Waals surface area (Å²) < 4.78 is 38.7. The number of rotatable bonds is 5. The summed E-state index contributed by atoms with van der Waals surface area (Å²) in [5.41, 5.74) is 1.48. The van der Waals surface area contributed by atoms with E-state index >= 15 is 0 Å². The number of methoxy groups -OCH3 is 1. The summed E-state index contributed by atoms with van der Waals surface area (Å²) in [5, 5.41) is 8.12. The van der Waals surface area contributed by atoms with E-state index in [1.165, 1.54) is 4.31 Å². The van der Waals surface area contributed by atoms with E-state index < -0.39 is 10.0 Å². The smallest absolute Gasteiger partial charge is 0.318 e. The highest BCUT2D eigenvalue weighted by molar-refractivity contribution is 7.89. The van der Waals surface area contributed by atoms with E-state index in [9.17, 15) is 8.42 Å². The molecule has 3 rings (SSSR count). The van der Waals surface area contributed by atoms with Gasteiger partial charge in [0.15, 0.2) is 0 Å². The SMILES string of the molecule is COc1cc(C)c(S(=O)(=O)N2CCN(c3nnc(C(C)C)o3)CC2)cc1C. The molecule has 0 N–H and O–H groups in total. The first kappa shape index (κ1) is 19.6. The molecule has 0 spiro atoms. The summed E-state index contributed by atoms with van der Waals surface area (Å²) in [5.74, 6) is 1.44. The third-order valence-corrected chi connectivity index (χ3v) is 6.78. The van der Waals surface area contributed by atoms with Gasteiger partial charge in [0, 0.05) is 32.1 Å². The van der Waals surface area contributed by atoms with Crippen LogP contribution >= 0.6 is 0 Å². The molecule has 0 aliphatic carbocycles. The van der Waals surface area contributed by atoms with Crippen molar-refractivity contribution >= 4 is 16.0 Å². The summed E-state index contributed by atoms with van der Waals surface area (Å²) in [7, 11) is -1.99. The molecule has 1 fully saturated rings. The van der Waals surface area contributed by atoms with Gasteiger partial charge in [-0.25, -0.2) is 8.42 Å². The standard InChI is InChI=1S/C18H26N4O4S/c1-12(2)17-19-20-18(26-17)21-6-8-22(9-7-21)27(23,24)16-11-13(3)15(25-5)10-14(16)4/h10-12H,6-9H2,1-5H3. The number of aromatic nitrogens is 2. The Bertz CT molecular complexity index is 915. The number of ether oxygens (including phenoxy) is 1. The highest BCUT2D eigenvalue weighted by Crippen LogP contribution is 2.29. The maximum absolute atomic E-state index is 13.1. The van der Waals surface area contributed by atoms with Gasteiger partial charge >= 0.3 is 6.01 Å². The van der Waals surface area contributed by atoms with E-state index in [2.05, 4.69) is 10.2 Å². The zero-order valence-corrected chi connectivity index (χ0v) is 17.2. The van der Waals surface area contributed by atoms with Crippen molar-refractivity contribution in [2.75, 3.05) is 38.2 Å². The molecule has 1 aromatic carbocycles.